The van der Waals surface area contributed by atoms with Gasteiger partial charge in [-0.25, -0.2) is 4.39 Å². The topological polar surface area (TPSA) is 45.6 Å². The Labute approximate surface area is 173 Å². The number of aromatic nitrogens is 1. The molecule has 6 heteroatoms. The molecule has 1 aromatic heterocycles. The zero-order valence-electron chi connectivity index (χ0n) is 17.9. The number of benzene rings is 1. The van der Waals surface area contributed by atoms with E-state index in [2.05, 4.69) is 6.92 Å². The zero-order valence-corrected chi connectivity index (χ0v) is 17.9. The van der Waals surface area contributed by atoms with Crippen LogP contribution in [0.4, 0.5) is 4.39 Å². The van der Waals surface area contributed by atoms with Crippen LogP contribution in [0.3, 0.4) is 0 Å². The maximum absolute atomic E-state index is 13.6. The van der Waals surface area contributed by atoms with Crippen LogP contribution in [0.1, 0.15) is 56.1 Å². The lowest BCUT2D eigenvalue weighted by atomic mass is 10.1. The Balaban J connectivity index is 2.20. The van der Waals surface area contributed by atoms with Gasteiger partial charge in [0, 0.05) is 37.1 Å². The number of nitrogens with zero attached hydrogens (tertiary/aromatic N) is 3. The molecule has 2 amide bonds. The van der Waals surface area contributed by atoms with Gasteiger partial charge in [0.05, 0.1) is 6.54 Å². The Morgan fingerprint density at radius 1 is 1.17 bits per heavy atom. The van der Waals surface area contributed by atoms with E-state index in [0.29, 0.717) is 19.5 Å². The minimum Gasteiger partial charge on any atom is -0.353 e. The van der Waals surface area contributed by atoms with Crippen LogP contribution < -0.4 is 0 Å². The van der Waals surface area contributed by atoms with E-state index < -0.39 is 5.82 Å². The average molecular weight is 402 g/mol. The van der Waals surface area contributed by atoms with E-state index in [-0.39, 0.29) is 30.0 Å². The van der Waals surface area contributed by atoms with Crippen molar-refractivity contribution in [1.29, 1.82) is 0 Å². The smallest absolute Gasteiger partial charge is 0.254 e. The van der Waals surface area contributed by atoms with Crippen LogP contribution in [0.15, 0.2) is 42.6 Å². The summed E-state index contributed by atoms with van der Waals surface area (Å²) in [6.45, 7) is 7.11. The van der Waals surface area contributed by atoms with Gasteiger partial charge in [-0.15, -0.1) is 0 Å². The quantitative estimate of drug-likeness (QED) is 0.598. The van der Waals surface area contributed by atoms with Gasteiger partial charge in [-0.1, -0.05) is 26.3 Å². The summed E-state index contributed by atoms with van der Waals surface area (Å²) in [4.78, 5) is 29.6. The first-order valence-corrected chi connectivity index (χ1v) is 10.3. The predicted octanol–water partition coefficient (Wildman–Crippen LogP) is 4.23. The number of halogens is 1. The fraction of sp³-hybridized carbons (Fsp3) is 0.478. The first kappa shape index (κ1) is 22.7. The molecule has 0 N–H and O–H groups in total. The van der Waals surface area contributed by atoms with Crippen LogP contribution in [-0.4, -0.2) is 45.3 Å². The van der Waals surface area contributed by atoms with Crippen LogP contribution in [0, 0.1) is 5.82 Å². The number of aryl methyl sites for hydroxylation is 1. The van der Waals surface area contributed by atoms with Crippen molar-refractivity contribution < 1.29 is 14.0 Å². The summed E-state index contributed by atoms with van der Waals surface area (Å²) in [6, 6.07) is 9.46. The fourth-order valence-electron chi connectivity index (χ4n) is 3.18. The molecular formula is C23H32FN3O2. The monoisotopic (exact) mass is 401 g/mol. The molecule has 29 heavy (non-hydrogen) atoms. The molecule has 2 aromatic rings. The van der Waals surface area contributed by atoms with E-state index in [9.17, 15) is 14.0 Å². The highest BCUT2D eigenvalue weighted by molar-refractivity contribution is 5.96. The standard InChI is InChI=1S/C23H32FN3O2/c1-5-7-14-26(16-21-12-9-13-25(21)4)22(28)17-27(18(3)6-2)23(29)19-10-8-11-20(24)15-19/h8-13,15,18H,5-7,14,16-17H2,1-4H3/t18-/m1/s1. The molecule has 1 atom stereocenters. The molecule has 2 rings (SSSR count). The Morgan fingerprint density at radius 2 is 1.93 bits per heavy atom. The molecule has 0 spiro atoms. The molecule has 1 heterocycles. The third-order valence-electron chi connectivity index (χ3n) is 5.30. The largest absolute Gasteiger partial charge is 0.353 e. The molecule has 158 valence electrons. The molecule has 0 fully saturated rings. The summed E-state index contributed by atoms with van der Waals surface area (Å²) in [5.41, 5.74) is 1.31. The number of hydrogen-bond donors (Lipinski definition) is 0. The van der Waals surface area contributed by atoms with E-state index in [1.165, 1.54) is 18.2 Å². The molecule has 0 saturated heterocycles. The second-order valence-corrected chi connectivity index (χ2v) is 7.48. The van der Waals surface area contributed by atoms with E-state index in [1.807, 2.05) is 48.7 Å². The molecule has 1 aromatic carbocycles. The minimum absolute atomic E-state index is 0.0154. The summed E-state index contributed by atoms with van der Waals surface area (Å²) < 4.78 is 15.6. The number of carbonyl (C=O) groups excluding carboxylic acids is 2. The molecular weight excluding hydrogens is 369 g/mol. The van der Waals surface area contributed by atoms with Gasteiger partial charge in [-0.05, 0) is 50.1 Å². The van der Waals surface area contributed by atoms with Crippen molar-refractivity contribution in [2.75, 3.05) is 13.1 Å². The predicted molar refractivity (Wildman–Crippen MR) is 113 cm³/mol. The Morgan fingerprint density at radius 3 is 2.52 bits per heavy atom. The number of unbranched alkanes of at least 4 members (excludes halogenated alkanes) is 1. The van der Waals surface area contributed by atoms with Gasteiger partial charge >= 0.3 is 0 Å². The van der Waals surface area contributed by atoms with Crippen LogP contribution in [-0.2, 0) is 18.4 Å². The highest BCUT2D eigenvalue weighted by atomic mass is 19.1. The first-order chi connectivity index (χ1) is 13.9. The summed E-state index contributed by atoms with van der Waals surface area (Å²) in [5, 5.41) is 0. The third kappa shape index (κ3) is 6.17. The Kier molecular flexibility index (Phi) is 8.43. The average Bonchev–Trinajstić information content (AvgIpc) is 3.12. The maximum Gasteiger partial charge on any atom is 0.254 e. The van der Waals surface area contributed by atoms with Crippen molar-refractivity contribution in [2.45, 2.75) is 52.6 Å². The number of carbonyl (C=O) groups is 2. The van der Waals surface area contributed by atoms with Gasteiger partial charge in [-0.3, -0.25) is 9.59 Å². The molecule has 0 unspecified atom stereocenters. The maximum atomic E-state index is 13.6. The van der Waals surface area contributed by atoms with Crippen molar-refractivity contribution in [3.05, 3.63) is 59.7 Å². The summed E-state index contributed by atoms with van der Waals surface area (Å²) >= 11 is 0. The van der Waals surface area contributed by atoms with E-state index in [1.54, 1.807) is 11.0 Å². The van der Waals surface area contributed by atoms with E-state index in [0.717, 1.165) is 18.5 Å². The number of amides is 2. The van der Waals surface area contributed by atoms with Gasteiger partial charge in [0.15, 0.2) is 0 Å². The first-order valence-electron chi connectivity index (χ1n) is 10.3. The van der Waals surface area contributed by atoms with E-state index >= 15 is 0 Å². The second kappa shape index (κ2) is 10.8. The van der Waals surface area contributed by atoms with Crippen molar-refractivity contribution in [3.8, 4) is 0 Å². The van der Waals surface area contributed by atoms with Crippen molar-refractivity contribution in [3.63, 3.8) is 0 Å². The minimum atomic E-state index is -0.459. The van der Waals surface area contributed by atoms with Gasteiger partial charge in [0.2, 0.25) is 5.91 Å². The SMILES string of the molecule is CCCCN(Cc1cccn1C)C(=O)CN(C(=O)c1cccc(F)c1)[C@H](C)CC. The highest BCUT2D eigenvalue weighted by Crippen LogP contribution is 2.14. The van der Waals surface area contributed by atoms with Gasteiger partial charge < -0.3 is 14.4 Å². The lowest BCUT2D eigenvalue weighted by Crippen LogP contribution is -2.46. The van der Waals surface area contributed by atoms with Gasteiger partial charge in [0.1, 0.15) is 12.4 Å². The lowest BCUT2D eigenvalue weighted by Gasteiger charge is -2.31. The summed E-state index contributed by atoms with van der Waals surface area (Å²) in [5.74, 6) is -0.870. The van der Waals surface area contributed by atoms with Crippen molar-refractivity contribution in [2.24, 2.45) is 7.05 Å². The summed E-state index contributed by atoms with van der Waals surface area (Å²) in [7, 11) is 1.96. The van der Waals surface area contributed by atoms with Crippen LogP contribution >= 0.6 is 0 Å². The second-order valence-electron chi connectivity index (χ2n) is 7.48. The molecule has 0 aliphatic heterocycles. The van der Waals surface area contributed by atoms with Crippen molar-refractivity contribution >= 4 is 11.8 Å². The van der Waals surface area contributed by atoms with E-state index in [4.69, 9.17) is 0 Å². The van der Waals surface area contributed by atoms with Crippen LogP contribution in [0.5, 0.6) is 0 Å². The van der Waals surface area contributed by atoms with Crippen molar-refractivity contribution in [1.82, 2.24) is 14.4 Å². The summed E-state index contributed by atoms with van der Waals surface area (Å²) in [6.07, 6.45) is 4.55. The normalized spacial score (nSPS) is 11.9. The van der Waals surface area contributed by atoms with Crippen LogP contribution in [0.25, 0.3) is 0 Å². The number of hydrogen-bond acceptors (Lipinski definition) is 2. The molecule has 0 radical (unpaired) electrons. The Bertz CT molecular complexity index is 818. The molecule has 0 bridgehead atoms. The molecule has 0 saturated carbocycles. The Hall–Kier alpha value is -2.63. The third-order valence-corrected chi connectivity index (χ3v) is 5.30. The van der Waals surface area contributed by atoms with Gasteiger partial charge in [-0.2, -0.15) is 0 Å². The fourth-order valence-corrected chi connectivity index (χ4v) is 3.18. The lowest BCUT2D eigenvalue weighted by molar-refractivity contribution is -0.133. The number of rotatable bonds is 10. The molecule has 0 aliphatic carbocycles. The zero-order chi connectivity index (χ0) is 21.4. The molecule has 5 nitrogen and oxygen atoms in total. The van der Waals surface area contributed by atoms with Crippen LogP contribution in [0.2, 0.25) is 0 Å². The highest BCUT2D eigenvalue weighted by Gasteiger charge is 2.26. The van der Waals surface area contributed by atoms with Gasteiger partial charge in [0.25, 0.3) is 5.91 Å². The molecule has 0 aliphatic rings.